The average molecular weight is 918 g/mol. The Balaban J connectivity index is 2.18. The molecule has 0 radical (unpaired) electrons. The van der Waals surface area contributed by atoms with Crippen molar-refractivity contribution < 1.29 is 49.3 Å². The first-order valence-electron chi connectivity index (χ1n) is 26.1. The topological polar surface area (TPSA) is 175 Å². The zero-order valence-corrected chi connectivity index (χ0v) is 40.9. The molecule has 1 heterocycles. The van der Waals surface area contributed by atoms with Crippen LogP contribution in [0.5, 0.6) is 0 Å². The van der Waals surface area contributed by atoms with Crippen molar-refractivity contribution in [1.29, 1.82) is 0 Å². The van der Waals surface area contributed by atoms with Gasteiger partial charge in [-0.2, -0.15) is 0 Å². The summed E-state index contributed by atoms with van der Waals surface area (Å²) >= 11 is 0. The predicted octanol–water partition coefficient (Wildman–Crippen LogP) is 10.7. The molecular formula is C54H95NO10. The molecule has 65 heavy (non-hydrogen) atoms. The Labute approximate surface area is 395 Å². The first-order chi connectivity index (χ1) is 31.7. The number of ether oxygens (including phenoxy) is 3. The highest BCUT2D eigenvalue weighted by atomic mass is 16.7. The van der Waals surface area contributed by atoms with Crippen molar-refractivity contribution in [2.45, 2.75) is 249 Å². The second-order valence-corrected chi connectivity index (χ2v) is 17.8. The molecule has 11 nitrogen and oxygen atoms in total. The lowest BCUT2D eigenvalue weighted by molar-refractivity contribution is -0.302. The van der Waals surface area contributed by atoms with Gasteiger partial charge in [0.15, 0.2) is 6.29 Å². The lowest BCUT2D eigenvalue weighted by atomic mass is 9.99. The van der Waals surface area contributed by atoms with E-state index in [1.807, 2.05) is 18.2 Å². The average Bonchev–Trinajstić information content (AvgIpc) is 3.30. The predicted molar refractivity (Wildman–Crippen MR) is 264 cm³/mol. The zero-order valence-electron chi connectivity index (χ0n) is 40.9. The van der Waals surface area contributed by atoms with E-state index in [0.29, 0.717) is 25.9 Å². The number of carbonyl (C=O) groups excluding carboxylic acids is 2. The second-order valence-electron chi connectivity index (χ2n) is 17.8. The quantitative estimate of drug-likeness (QED) is 0.0196. The molecule has 1 amide bonds. The third-order valence-electron chi connectivity index (χ3n) is 11.8. The number of aliphatic hydroxyl groups excluding tert-OH is 5. The van der Waals surface area contributed by atoms with Crippen LogP contribution in [0.15, 0.2) is 60.8 Å². The maximum atomic E-state index is 12.9. The number of carbonyl (C=O) groups is 2. The fourth-order valence-corrected chi connectivity index (χ4v) is 7.61. The van der Waals surface area contributed by atoms with Gasteiger partial charge in [-0.15, -0.1) is 0 Å². The van der Waals surface area contributed by atoms with Gasteiger partial charge in [0.25, 0.3) is 0 Å². The van der Waals surface area contributed by atoms with E-state index < -0.39 is 49.5 Å². The van der Waals surface area contributed by atoms with Crippen LogP contribution < -0.4 is 5.32 Å². The number of hydrogen-bond acceptors (Lipinski definition) is 10. The highest BCUT2D eigenvalue weighted by Gasteiger charge is 2.44. The van der Waals surface area contributed by atoms with Gasteiger partial charge in [0, 0.05) is 12.8 Å². The van der Waals surface area contributed by atoms with Crippen molar-refractivity contribution in [1.82, 2.24) is 5.32 Å². The van der Waals surface area contributed by atoms with E-state index in [0.717, 1.165) is 64.2 Å². The van der Waals surface area contributed by atoms with Crippen LogP contribution in [0.3, 0.4) is 0 Å². The standard InChI is InChI=1S/C54H95NO10/c1-3-5-7-9-11-13-14-15-16-19-22-26-30-34-38-42-50(59)63-43-39-35-31-27-23-20-17-18-21-25-29-33-37-41-49(58)55-46(47(57)40-36-32-28-24-12-10-8-6-4-2)45-64-54-53(62)52(61)51(60)48(44-56)65-54/h12,15-16,18,21,24,29,33,36,40,46-48,51-54,56-57,60-62H,3-11,13-14,17,19-20,22-23,25-28,30-32,34-35,37-39,41-45H2,1-2H3,(H,55,58)/b16-15-,21-18-,24-12+,33-29-,40-36+. The summed E-state index contributed by atoms with van der Waals surface area (Å²) in [7, 11) is 0. The molecule has 1 rings (SSSR count). The Kier molecular flexibility index (Phi) is 40.8. The number of nitrogens with one attached hydrogen (secondary N) is 1. The minimum absolute atomic E-state index is 0.0498. The van der Waals surface area contributed by atoms with Gasteiger partial charge in [0.2, 0.25) is 5.91 Å². The van der Waals surface area contributed by atoms with E-state index in [4.69, 9.17) is 14.2 Å². The Hall–Kier alpha value is -2.64. The van der Waals surface area contributed by atoms with Gasteiger partial charge >= 0.3 is 5.97 Å². The van der Waals surface area contributed by atoms with Gasteiger partial charge in [-0.3, -0.25) is 9.59 Å². The van der Waals surface area contributed by atoms with Crippen LogP contribution in [-0.4, -0.2) is 100 Å². The SMILES string of the molecule is CCCCC/C=C/CC/C=C/C(O)C(COC1OC(CO)C(O)C(O)C1O)NC(=O)CC/C=C\C/C=C\CCCCCCCCOC(=O)CCCCCCC/C=C\CCCCCCCC. The van der Waals surface area contributed by atoms with Crippen molar-refractivity contribution in [2.75, 3.05) is 19.8 Å². The van der Waals surface area contributed by atoms with Crippen molar-refractivity contribution in [3.05, 3.63) is 60.8 Å². The van der Waals surface area contributed by atoms with Gasteiger partial charge in [0.1, 0.15) is 24.4 Å². The molecule has 7 atom stereocenters. The number of esters is 1. The van der Waals surface area contributed by atoms with Crippen molar-refractivity contribution in [3.8, 4) is 0 Å². The van der Waals surface area contributed by atoms with Crippen LogP contribution in [-0.2, 0) is 23.8 Å². The molecular weight excluding hydrogens is 823 g/mol. The van der Waals surface area contributed by atoms with Crippen LogP contribution >= 0.6 is 0 Å². The van der Waals surface area contributed by atoms with E-state index in [1.54, 1.807) is 6.08 Å². The minimum Gasteiger partial charge on any atom is -0.466 e. The van der Waals surface area contributed by atoms with Gasteiger partial charge < -0.3 is 45.1 Å². The number of aliphatic hydroxyl groups is 5. The van der Waals surface area contributed by atoms with E-state index in [1.165, 1.54) is 103 Å². The number of allylic oxidation sites excluding steroid dienone is 9. The Bertz CT molecular complexity index is 1270. The summed E-state index contributed by atoms with van der Waals surface area (Å²) < 4.78 is 16.6. The minimum atomic E-state index is -1.59. The fraction of sp³-hybridized carbons (Fsp3) is 0.778. The first-order valence-corrected chi connectivity index (χ1v) is 26.1. The third kappa shape index (κ3) is 34.3. The highest BCUT2D eigenvalue weighted by Crippen LogP contribution is 2.22. The summed E-state index contributed by atoms with van der Waals surface area (Å²) in [5.74, 6) is -0.328. The lowest BCUT2D eigenvalue weighted by Crippen LogP contribution is -2.60. The number of hydrogen-bond donors (Lipinski definition) is 6. The van der Waals surface area contributed by atoms with E-state index in [2.05, 4.69) is 55.6 Å². The van der Waals surface area contributed by atoms with E-state index in [-0.39, 0.29) is 24.9 Å². The van der Waals surface area contributed by atoms with Gasteiger partial charge in [-0.25, -0.2) is 0 Å². The summed E-state index contributed by atoms with van der Waals surface area (Å²) in [6, 6.07) is -0.871. The third-order valence-corrected chi connectivity index (χ3v) is 11.8. The van der Waals surface area contributed by atoms with E-state index >= 15 is 0 Å². The summed E-state index contributed by atoms with van der Waals surface area (Å²) in [6.07, 6.45) is 44.7. The van der Waals surface area contributed by atoms with Crippen LogP contribution in [0.25, 0.3) is 0 Å². The van der Waals surface area contributed by atoms with Gasteiger partial charge in [-0.1, -0.05) is 164 Å². The van der Waals surface area contributed by atoms with Crippen LogP contribution in [0.4, 0.5) is 0 Å². The number of unbranched alkanes of at least 4 members (excludes halogenated alkanes) is 21. The summed E-state index contributed by atoms with van der Waals surface area (Å²) in [4.78, 5) is 25.0. The molecule has 0 aliphatic carbocycles. The normalized spacial score (nSPS) is 20.3. The van der Waals surface area contributed by atoms with Gasteiger partial charge in [-0.05, 0) is 89.9 Å². The van der Waals surface area contributed by atoms with Crippen LogP contribution in [0, 0.1) is 0 Å². The zero-order chi connectivity index (χ0) is 47.4. The summed E-state index contributed by atoms with van der Waals surface area (Å²) in [6.45, 7) is 4.15. The first kappa shape index (κ1) is 60.4. The molecule has 0 spiro atoms. The summed E-state index contributed by atoms with van der Waals surface area (Å²) in [5, 5.41) is 53.9. The maximum Gasteiger partial charge on any atom is 0.305 e. The van der Waals surface area contributed by atoms with Crippen LogP contribution in [0.2, 0.25) is 0 Å². The molecule has 6 N–H and O–H groups in total. The maximum absolute atomic E-state index is 12.9. The summed E-state index contributed by atoms with van der Waals surface area (Å²) in [5.41, 5.74) is 0. The fourth-order valence-electron chi connectivity index (χ4n) is 7.61. The molecule has 1 aliphatic rings. The van der Waals surface area contributed by atoms with E-state index in [9.17, 15) is 35.1 Å². The molecule has 1 fully saturated rings. The van der Waals surface area contributed by atoms with Crippen molar-refractivity contribution in [2.24, 2.45) is 0 Å². The largest absolute Gasteiger partial charge is 0.466 e. The Morgan fingerprint density at radius 3 is 1.68 bits per heavy atom. The van der Waals surface area contributed by atoms with Crippen LogP contribution in [0.1, 0.15) is 206 Å². The molecule has 0 aromatic carbocycles. The Morgan fingerprint density at radius 1 is 0.569 bits per heavy atom. The molecule has 0 aromatic heterocycles. The molecule has 376 valence electrons. The molecule has 1 saturated heterocycles. The van der Waals surface area contributed by atoms with Crippen molar-refractivity contribution >= 4 is 11.9 Å². The number of rotatable bonds is 43. The van der Waals surface area contributed by atoms with Crippen molar-refractivity contribution in [3.63, 3.8) is 0 Å². The molecule has 11 heteroatoms. The lowest BCUT2D eigenvalue weighted by Gasteiger charge is -2.40. The molecule has 1 aliphatic heterocycles. The molecule has 0 aromatic rings. The highest BCUT2D eigenvalue weighted by molar-refractivity contribution is 5.76. The smallest absolute Gasteiger partial charge is 0.305 e. The molecule has 0 bridgehead atoms. The molecule has 0 saturated carbocycles. The monoisotopic (exact) mass is 918 g/mol. The Morgan fingerprint density at radius 2 is 1.06 bits per heavy atom. The van der Waals surface area contributed by atoms with Gasteiger partial charge in [0.05, 0.1) is 32.0 Å². The second kappa shape index (κ2) is 43.9. The molecule has 7 unspecified atom stereocenters. The number of amides is 1.